The fraction of sp³-hybridized carbons (Fsp3) is 0.556. The van der Waals surface area contributed by atoms with Gasteiger partial charge in [0.15, 0.2) is 0 Å². The van der Waals surface area contributed by atoms with Gasteiger partial charge in [0.2, 0.25) is 11.8 Å². The normalized spacial score (nSPS) is 25.5. The molecule has 0 spiro atoms. The molecule has 1 aromatic rings. The molecule has 3 N–H and O–H groups in total. The van der Waals surface area contributed by atoms with E-state index in [2.05, 4.69) is 11.9 Å². The molecule has 2 bridgehead atoms. The van der Waals surface area contributed by atoms with Crippen LogP contribution in [0.5, 0.6) is 0 Å². The van der Waals surface area contributed by atoms with Crippen molar-refractivity contribution in [3.8, 4) is 0 Å². The number of alkyl carbamates (subject to hydrolysis) is 1. The van der Waals surface area contributed by atoms with E-state index < -0.39 is 41.7 Å². The Morgan fingerprint density at radius 3 is 2.21 bits per heavy atom. The van der Waals surface area contributed by atoms with Crippen molar-refractivity contribution in [1.29, 1.82) is 0 Å². The number of alkyl halides is 3. The first-order valence-corrected chi connectivity index (χ1v) is 13.1. The van der Waals surface area contributed by atoms with E-state index in [1.54, 1.807) is 4.90 Å². The number of allylic oxidation sites excluding steroid dienone is 1. The quantitative estimate of drug-likeness (QED) is 0.525. The van der Waals surface area contributed by atoms with E-state index in [-0.39, 0.29) is 35.2 Å². The maximum absolute atomic E-state index is 13.7. The Morgan fingerprint density at radius 1 is 1.05 bits per heavy atom. The second-order valence-corrected chi connectivity index (χ2v) is 10.6. The van der Waals surface area contributed by atoms with Crippen molar-refractivity contribution >= 4 is 23.8 Å². The lowest BCUT2D eigenvalue weighted by molar-refractivity contribution is -0.141. The zero-order valence-electron chi connectivity index (χ0n) is 21.7. The van der Waals surface area contributed by atoms with Crippen LogP contribution in [-0.2, 0) is 20.5 Å². The number of nitrogens with one attached hydrogen (secondary N) is 1. The molecule has 39 heavy (non-hydrogen) atoms. The fourth-order valence-electron chi connectivity index (χ4n) is 6.18. The molecule has 12 heteroatoms. The number of primary amides is 1. The van der Waals surface area contributed by atoms with Gasteiger partial charge in [0, 0.05) is 24.2 Å². The van der Waals surface area contributed by atoms with Crippen molar-refractivity contribution in [2.75, 3.05) is 6.54 Å². The number of hydrogen-bond acceptors (Lipinski definition) is 5. The second kappa shape index (κ2) is 11.3. The minimum atomic E-state index is -4.50. The molecule has 3 saturated heterocycles. The lowest BCUT2D eigenvalue weighted by Gasteiger charge is -2.50. The van der Waals surface area contributed by atoms with Gasteiger partial charge in [-0.2, -0.15) is 13.2 Å². The second-order valence-electron chi connectivity index (χ2n) is 10.6. The predicted molar refractivity (Wildman–Crippen MR) is 134 cm³/mol. The van der Waals surface area contributed by atoms with Gasteiger partial charge < -0.3 is 25.6 Å². The average molecular weight is 551 g/mol. The number of rotatable bonds is 6. The van der Waals surface area contributed by atoms with Crippen LogP contribution < -0.4 is 11.1 Å². The van der Waals surface area contributed by atoms with E-state index in [0.29, 0.717) is 45.1 Å². The van der Waals surface area contributed by atoms with Crippen LogP contribution in [-0.4, -0.2) is 64.3 Å². The molecule has 4 amide bonds. The lowest BCUT2D eigenvalue weighted by atomic mass is 9.74. The van der Waals surface area contributed by atoms with Crippen LogP contribution in [0.15, 0.2) is 36.6 Å². The number of likely N-dealkylation sites (tertiary alicyclic amines) is 1. The molecule has 0 radical (unpaired) electrons. The molecule has 3 aliphatic heterocycles. The van der Waals surface area contributed by atoms with Crippen LogP contribution in [0.25, 0.3) is 0 Å². The minimum absolute atomic E-state index is 0.142. The zero-order chi connectivity index (χ0) is 28.5. The Labute approximate surface area is 224 Å². The number of hydrogen-bond donors (Lipinski definition) is 2. The Kier molecular flexibility index (Phi) is 8.22. The molecule has 0 aliphatic carbocycles. The van der Waals surface area contributed by atoms with Gasteiger partial charge in [-0.15, -0.1) is 0 Å². The highest BCUT2D eigenvalue weighted by molar-refractivity contribution is 5.95. The van der Waals surface area contributed by atoms with Crippen LogP contribution >= 0.6 is 0 Å². The number of ether oxygens (including phenoxy) is 1. The van der Waals surface area contributed by atoms with E-state index in [1.807, 2.05) is 0 Å². The van der Waals surface area contributed by atoms with Crippen LogP contribution in [0.2, 0.25) is 0 Å². The van der Waals surface area contributed by atoms with Crippen molar-refractivity contribution < 1.29 is 37.1 Å². The van der Waals surface area contributed by atoms with Crippen molar-refractivity contribution in [3.05, 3.63) is 47.7 Å². The molecule has 0 saturated carbocycles. The number of nitrogens with two attached hydrogens (primary N) is 1. The standard InChI is InChI=1S/C27H33F3N4O5/c1-15(2)39-26(38)32-22(25(37)33-12-4-7-21(33)23(31)35)17-13-19-5-3-6-20(14-17)34(19)24(36)16-8-10-18(11-9-16)27(28,29)30/h8-11,17,19-22H,1,3-7,12-14H2,2H3,(H2,31,35)(H,32,38)/t17?,19?,20?,21-,22?/m0/s1. The summed E-state index contributed by atoms with van der Waals surface area (Å²) in [5, 5.41) is 2.66. The monoisotopic (exact) mass is 550 g/mol. The Hall–Kier alpha value is -3.57. The topological polar surface area (TPSA) is 122 Å². The van der Waals surface area contributed by atoms with Gasteiger partial charge in [0.25, 0.3) is 5.91 Å². The van der Waals surface area contributed by atoms with Crippen LogP contribution in [0.1, 0.15) is 67.8 Å². The molecule has 3 fully saturated rings. The summed E-state index contributed by atoms with van der Waals surface area (Å²) >= 11 is 0. The number of carbonyl (C=O) groups is 4. The van der Waals surface area contributed by atoms with Crippen LogP contribution in [0, 0.1) is 5.92 Å². The van der Waals surface area contributed by atoms with Gasteiger partial charge >= 0.3 is 12.3 Å². The van der Waals surface area contributed by atoms with E-state index in [1.165, 1.54) is 24.0 Å². The Morgan fingerprint density at radius 2 is 1.67 bits per heavy atom. The maximum atomic E-state index is 13.7. The molecule has 4 atom stereocenters. The van der Waals surface area contributed by atoms with E-state index in [4.69, 9.17) is 10.5 Å². The third kappa shape index (κ3) is 6.20. The molecule has 1 aromatic carbocycles. The van der Waals surface area contributed by atoms with Crippen molar-refractivity contribution in [2.45, 2.75) is 82.2 Å². The summed E-state index contributed by atoms with van der Waals surface area (Å²) in [6.45, 7) is 5.38. The van der Waals surface area contributed by atoms with Crippen LogP contribution in [0.3, 0.4) is 0 Å². The van der Waals surface area contributed by atoms with Crippen molar-refractivity contribution in [2.24, 2.45) is 11.7 Å². The summed E-state index contributed by atoms with van der Waals surface area (Å²) in [7, 11) is 0. The van der Waals surface area contributed by atoms with Gasteiger partial charge in [-0.25, -0.2) is 4.79 Å². The molecule has 3 aliphatic rings. The summed E-state index contributed by atoms with van der Waals surface area (Å²) in [5.74, 6) is -1.62. The molecule has 212 valence electrons. The largest absolute Gasteiger partial charge is 0.416 e. The van der Waals surface area contributed by atoms with E-state index >= 15 is 0 Å². The van der Waals surface area contributed by atoms with Gasteiger partial charge in [0.1, 0.15) is 12.1 Å². The number of fused-ring (bicyclic) bond motifs is 2. The minimum Gasteiger partial charge on any atom is -0.416 e. The number of halogens is 3. The molecular weight excluding hydrogens is 517 g/mol. The van der Waals surface area contributed by atoms with E-state index in [0.717, 1.165) is 18.6 Å². The Balaban J connectivity index is 1.56. The van der Waals surface area contributed by atoms with Gasteiger partial charge in [-0.05, 0) is 82.1 Å². The highest BCUT2D eigenvalue weighted by atomic mass is 19.4. The molecule has 0 aromatic heterocycles. The van der Waals surface area contributed by atoms with Gasteiger partial charge in [-0.3, -0.25) is 14.4 Å². The number of amides is 4. The fourth-order valence-corrected chi connectivity index (χ4v) is 6.18. The molecule has 9 nitrogen and oxygen atoms in total. The highest BCUT2D eigenvalue weighted by Crippen LogP contribution is 2.40. The number of benzene rings is 1. The molecule has 3 heterocycles. The first-order valence-electron chi connectivity index (χ1n) is 13.1. The third-order valence-corrected chi connectivity index (χ3v) is 7.85. The lowest BCUT2D eigenvalue weighted by Crippen LogP contribution is -2.61. The summed E-state index contributed by atoms with van der Waals surface area (Å²) in [6, 6.07) is 1.86. The number of nitrogens with zero attached hydrogens (tertiary/aromatic N) is 2. The summed E-state index contributed by atoms with van der Waals surface area (Å²) in [6.07, 6.45) is -1.35. The first-order chi connectivity index (χ1) is 18.4. The van der Waals surface area contributed by atoms with Gasteiger partial charge in [0.05, 0.1) is 11.3 Å². The molecular formula is C27H33F3N4O5. The van der Waals surface area contributed by atoms with E-state index in [9.17, 15) is 32.3 Å². The van der Waals surface area contributed by atoms with Crippen molar-refractivity contribution in [1.82, 2.24) is 15.1 Å². The first kappa shape index (κ1) is 28.4. The zero-order valence-corrected chi connectivity index (χ0v) is 21.7. The Bertz CT molecular complexity index is 1130. The number of piperidine rings is 2. The summed E-state index contributed by atoms with van der Waals surface area (Å²) in [4.78, 5) is 54.8. The average Bonchev–Trinajstić information content (AvgIpc) is 3.35. The number of carbonyl (C=O) groups excluding carboxylic acids is 4. The third-order valence-electron chi connectivity index (χ3n) is 7.85. The maximum Gasteiger partial charge on any atom is 0.416 e. The highest BCUT2D eigenvalue weighted by Gasteiger charge is 2.47. The summed E-state index contributed by atoms with van der Waals surface area (Å²) < 4.78 is 44.0. The predicted octanol–water partition coefficient (Wildman–Crippen LogP) is 3.58. The molecule has 3 unspecified atom stereocenters. The van der Waals surface area contributed by atoms with Crippen molar-refractivity contribution in [3.63, 3.8) is 0 Å². The van der Waals surface area contributed by atoms with Crippen LogP contribution in [0.4, 0.5) is 18.0 Å². The molecule has 4 rings (SSSR count). The SMILES string of the molecule is C=C(C)OC(=O)NC(C(=O)N1CCC[C@H]1C(N)=O)C1CC2CCCC(C1)N2C(=O)c1ccc(C(F)(F)F)cc1. The van der Waals surface area contributed by atoms with Gasteiger partial charge in [-0.1, -0.05) is 6.58 Å². The smallest absolute Gasteiger partial charge is 0.416 e. The summed E-state index contributed by atoms with van der Waals surface area (Å²) in [5.41, 5.74) is 4.86.